The highest BCUT2D eigenvalue weighted by Gasteiger charge is 2.37. The number of carbonyl (C=O) groups is 3. The normalized spacial score (nSPS) is 22.8. The standard InChI is InChI=1S/C19H22N2O5S2/c1-2-20(15-9-11-28(25,26)13-15)17(22)8-10-21-18(23)16(27-19(21)24)12-14-6-4-3-5-7-14/h3-7,12,15H,2,8-11,13H2,1H3/b16-12+/t15-/m0/s1. The number of hydrogen-bond acceptors (Lipinski definition) is 6. The van der Waals surface area contributed by atoms with Gasteiger partial charge in [0.1, 0.15) is 0 Å². The molecule has 28 heavy (non-hydrogen) atoms. The van der Waals surface area contributed by atoms with Crippen molar-refractivity contribution in [3.8, 4) is 0 Å². The van der Waals surface area contributed by atoms with Gasteiger partial charge in [-0.25, -0.2) is 8.42 Å². The molecule has 2 heterocycles. The van der Waals surface area contributed by atoms with Crippen molar-refractivity contribution in [1.29, 1.82) is 0 Å². The third kappa shape index (κ3) is 4.64. The van der Waals surface area contributed by atoms with E-state index in [9.17, 15) is 22.8 Å². The van der Waals surface area contributed by atoms with Crippen LogP contribution in [-0.4, -0.2) is 65.9 Å². The molecule has 2 saturated heterocycles. The van der Waals surface area contributed by atoms with Crippen LogP contribution in [0.15, 0.2) is 35.2 Å². The highest BCUT2D eigenvalue weighted by Crippen LogP contribution is 2.32. The molecule has 1 atom stereocenters. The van der Waals surface area contributed by atoms with Gasteiger partial charge in [-0.15, -0.1) is 0 Å². The first-order chi connectivity index (χ1) is 13.3. The quantitative estimate of drug-likeness (QED) is 0.653. The van der Waals surface area contributed by atoms with Crippen LogP contribution < -0.4 is 0 Å². The molecule has 1 aromatic carbocycles. The number of carbonyl (C=O) groups excluding carboxylic acids is 3. The van der Waals surface area contributed by atoms with Crippen molar-refractivity contribution in [2.24, 2.45) is 0 Å². The van der Waals surface area contributed by atoms with E-state index in [0.29, 0.717) is 17.9 Å². The van der Waals surface area contributed by atoms with E-state index in [1.54, 1.807) is 17.9 Å². The average Bonchev–Trinajstić information content (AvgIpc) is 3.14. The molecule has 2 fully saturated rings. The Morgan fingerprint density at radius 2 is 2.00 bits per heavy atom. The molecule has 1 aromatic rings. The Morgan fingerprint density at radius 3 is 2.61 bits per heavy atom. The maximum atomic E-state index is 12.6. The predicted octanol–water partition coefficient (Wildman–Crippen LogP) is 2.15. The van der Waals surface area contributed by atoms with Gasteiger partial charge in [0.25, 0.3) is 11.1 Å². The van der Waals surface area contributed by atoms with E-state index in [0.717, 1.165) is 22.2 Å². The van der Waals surface area contributed by atoms with Crippen LogP contribution in [0.2, 0.25) is 0 Å². The van der Waals surface area contributed by atoms with Gasteiger partial charge in [0, 0.05) is 25.6 Å². The first-order valence-corrected chi connectivity index (χ1v) is 11.7. The Morgan fingerprint density at radius 1 is 1.29 bits per heavy atom. The zero-order valence-corrected chi connectivity index (χ0v) is 17.2. The minimum atomic E-state index is -3.09. The Kier molecular flexibility index (Phi) is 6.24. The van der Waals surface area contributed by atoms with Crippen LogP contribution in [0, 0.1) is 0 Å². The van der Waals surface area contributed by atoms with E-state index in [-0.39, 0.29) is 36.4 Å². The number of rotatable bonds is 6. The highest BCUT2D eigenvalue weighted by atomic mass is 32.2. The lowest BCUT2D eigenvalue weighted by atomic mass is 10.2. The van der Waals surface area contributed by atoms with E-state index >= 15 is 0 Å². The molecule has 3 amide bonds. The molecular formula is C19H22N2O5S2. The SMILES string of the molecule is CCN(C(=O)CCN1C(=O)S/C(=C/c2ccccc2)C1=O)[C@H]1CCS(=O)(=O)C1. The molecule has 0 N–H and O–H groups in total. The van der Waals surface area contributed by atoms with Crippen LogP contribution >= 0.6 is 11.8 Å². The minimum Gasteiger partial charge on any atom is -0.339 e. The van der Waals surface area contributed by atoms with Crippen molar-refractivity contribution in [2.45, 2.75) is 25.8 Å². The molecule has 0 saturated carbocycles. The molecule has 150 valence electrons. The molecule has 7 nitrogen and oxygen atoms in total. The topological polar surface area (TPSA) is 91.8 Å². The molecule has 0 aliphatic carbocycles. The fraction of sp³-hybridized carbons (Fsp3) is 0.421. The van der Waals surface area contributed by atoms with Crippen molar-refractivity contribution in [2.75, 3.05) is 24.6 Å². The monoisotopic (exact) mass is 422 g/mol. The summed E-state index contributed by atoms with van der Waals surface area (Å²) in [5, 5.41) is -0.397. The third-order valence-corrected chi connectivity index (χ3v) is 7.49. The lowest BCUT2D eigenvalue weighted by molar-refractivity contribution is -0.133. The first kappa shape index (κ1) is 20.6. The van der Waals surface area contributed by atoms with Gasteiger partial charge < -0.3 is 4.90 Å². The van der Waals surface area contributed by atoms with E-state index in [1.165, 1.54) is 0 Å². The van der Waals surface area contributed by atoms with E-state index < -0.39 is 21.0 Å². The van der Waals surface area contributed by atoms with Crippen LogP contribution in [0.25, 0.3) is 6.08 Å². The summed E-state index contributed by atoms with van der Waals surface area (Å²) in [5.74, 6) is -0.572. The summed E-state index contributed by atoms with van der Waals surface area (Å²) in [6.07, 6.45) is 2.08. The number of imide groups is 1. The van der Waals surface area contributed by atoms with Gasteiger partial charge in [-0.2, -0.15) is 0 Å². The van der Waals surface area contributed by atoms with Gasteiger partial charge >= 0.3 is 0 Å². The predicted molar refractivity (Wildman–Crippen MR) is 108 cm³/mol. The molecule has 0 spiro atoms. The molecular weight excluding hydrogens is 400 g/mol. The highest BCUT2D eigenvalue weighted by molar-refractivity contribution is 8.18. The molecule has 2 aliphatic heterocycles. The van der Waals surface area contributed by atoms with Crippen LogP contribution in [0.3, 0.4) is 0 Å². The first-order valence-electron chi connectivity index (χ1n) is 9.11. The molecule has 0 aromatic heterocycles. The molecule has 0 radical (unpaired) electrons. The third-order valence-electron chi connectivity index (χ3n) is 4.83. The molecule has 2 aliphatic rings. The Labute approximate surface area is 168 Å². The summed E-state index contributed by atoms with van der Waals surface area (Å²) in [7, 11) is -3.09. The second-order valence-corrected chi connectivity index (χ2v) is 9.95. The van der Waals surface area contributed by atoms with Crippen molar-refractivity contribution in [3.05, 3.63) is 40.8 Å². The van der Waals surface area contributed by atoms with Gasteiger partial charge in [-0.1, -0.05) is 30.3 Å². The van der Waals surface area contributed by atoms with Gasteiger partial charge in [0.2, 0.25) is 5.91 Å². The summed E-state index contributed by atoms with van der Waals surface area (Å²) in [4.78, 5) is 40.3. The maximum Gasteiger partial charge on any atom is 0.293 e. The minimum absolute atomic E-state index is 0.00833. The Balaban J connectivity index is 1.62. The molecule has 0 bridgehead atoms. The van der Waals surface area contributed by atoms with E-state index in [2.05, 4.69) is 0 Å². The van der Waals surface area contributed by atoms with Crippen LogP contribution in [0.4, 0.5) is 4.79 Å². The van der Waals surface area contributed by atoms with Gasteiger partial charge in [-0.3, -0.25) is 19.3 Å². The van der Waals surface area contributed by atoms with E-state index in [1.807, 2.05) is 30.3 Å². The summed E-state index contributed by atoms with van der Waals surface area (Å²) in [6, 6.07) is 8.91. The second-order valence-electron chi connectivity index (χ2n) is 6.73. The zero-order valence-electron chi connectivity index (χ0n) is 15.5. The maximum absolute atomic E-state index is 12.6. The number of nitrogens with zero attached hydrogens (tertiary/aromatic N) is 2. The summed E-state index contributed by atoms with van der Waals surface area (Å²) < 4.78 is 23.4. The number of benzene rings is 1. The van der Waals surface area contributed by atoms with Crippen molar-refractivity contribution in [3.63, 3.8) is 0 Å². The van der Waals surface area contributed by atoms with Crippen LogP contribution in [-0.2, 0) is 19.4 Å². The van der Waals surface area contributed by atoms with Crippen molar-refractivity contribution < 1.29 is 22.8 Å². The largest absolute Gasteiger partial charge is 0.339 e. The second kappa shape index (κ2) is 8.48. The van der Waals surface area contributed by atoms with Gasteiger partial charge in [-0.05, 0) is 36.7 Å². The Bertz CT molecular complexity index is 912. The fourth-order valence-corrected chi connectivity index (χ4v) is 6.00. The number of amides is 3. The summed E-state index contributed by atoms with van der Waals surface area (Å²) >= 11 is 0.862. The lowest BCUT2D eigenvalue weighted by Gasteiger charge is -2.27. The molecule has 0 unspecified atom stereocenters. The summed E-state index contributed by atoms with van der Waals surface area (Å²) in [5.41, 5.74) is 0.823. The fourth-order valence-electron chi connectivity index (χ4n) is 3.40. The molecule has 9 heteroatoms. The van der Waals surface area contributed by atoms with Crippen LogP contribution in [0.5, 0.6) is 0 Å². The smallest absolute Gasteiger partial charge is 0.293 e. The van der Waals surface area contributed by atoms with Crippen molar-refractivity contribution in [1.82, 2.24) is 9.80 Å². The zero-order chi connectivity index (χ0) is 20.3. The van der Waals surface area contributed by atoms with E-state index in [4.69, 9.17) is 0 Å². The number of thioether (sulfide) groups is 1. The van der Waals surface area contributed by atoms with Crippen molar-refractivity contribution >= 4 is 44.7 Å². The number of hydrogen-bond donors (Lipinski definition) is 0. The van der Waals surface area contributed by atoms with Crippen LogP contribution in [0.1, 0.15) is 25.3 Å². The summed E-state index contributed by atoms with van der Waals surface area (Å²) in [6.45, 7) is 2.19. The average molecular weight is 423 g/mol. The van der Waals surface area contributed by atoms with Gasteiger partial charge in [0.15, 0.2) is 9.84 Å². The Hall–Kier alpha value is -2.13. The van der Waals surface area contributed by atoms with Gasteiger partial charge in [0.05, 0.1) is 16.4 Å². The molecule has 3 rings (SSSR count). The number of sulfone groups is 1. The lowest BCUT2D eigenvalue weighted by Crippen LogP contribution is -2.42.